The van der Waals surface area contributed by atoms with E-state index in [0.29, 0.717) is 35.6 Å². The van der Waals surface area contributed by atoms with E-state index in [4.69, 9.17) is 9.47 Å². The summed E-state index contributed by atoms with van der Waals surface area (Å²) in [5.74, 6) is -0.306. The van der Waals surface area contributed by atoms with Gasteiger partial charge in [-0.3, -0.25) is 14.4 Å². The minimum Gasteiger partial charge on any atom is -0.506 e. The van der Waals surface area contributed by atoms with E-state index in [0.717, 1.165) is 5.69 Å². The molecule has 2 aromatic carbocycles. The number of aryl methyl sites for hydroxylation is 1. The van der Waals surface area contributed by atoms with Crippen molar-refractivity contribution in [3.8, 4) is 17.2 Å². The number of amides is 1. The van der Waals surface area contributed by atoms with Gasteiger partial charge in [0, 0.05) is 43.6 Å². The predicted molar refractivity (Wildman–Crippen MR) is 125 cm³/mol. The summed E-state index contributed by atoms with van der Waals surface area (Å²) in [4.78, 5) is 50.1. The van der Waals surface area contributed by atoms with Crippen molar-refractivity contribution in [2.24, 2.45) is 7.05 Å². The fraction of sp³-hybridized carbons (Fsp3) is 0.280. The molecule has 3 aromatic rings. The highest BCUT2D eigenvalue weighted by Crippen LogP contribution is 2.32. The molecule has 1 amide bonds. The van der Waals surface area contributed by atoms with E-state index in [-0.39, 0.29) is 36.7 Å². The largest absolute Gasteiger partial charge is 0.506 e. The number of aromatic nitrogens is 1. The molecule has 1 aliphatic rings. The number of hydrogen-bond donors (Lipinski definition) is 1. The Morgan fingerprint density at radius 2 is 1.76 bits per heavy atom. The zero-order chi connectivity index (χ0) is 24.4. The van der Waals surface area contributed by atoms with Crippen molar-refractivity contribution >= 4 is 34.1 Å². The highest BCUT2D eigenvalue weighted by molar-refractivity contribution is 6.04. The summed E-state index contributed by atoms with van der Waals surface area (Å²) in [5, 5.41) is 11.0. The van der Waals surface area contributed by atoms with Crippen LogP contribution in [0.4, 0.5) is 5.69 Å². The standard InChI is InChI=1S/C25H24N2O7/c1-15(28)3-10-21(29)23-24(31)19-9-8-18(13-20(19)26(2)25(23)32)34-17-6-4-16(5-7-17)27-11-12-33-14-22(27)30/h4-9,13,31H,3,10-12,14H2,1-2H3. The average Bonchev–Trinajstić information content (AvgIpc) is 2.82. The number of benzene rings is 2. The summed E-state index contributed by atoms with van der Waals surface area (Å²) < 4.78 is 12.3. The van der Waals surface area contributed by atoms with Gasteiger partial charge < -0.3 is 28.8 Å². The van der Waals surface area contributed by atoms with Crippen molar-refractivity contribution in [1.29, 1.82) is 0 Å². The third-order valence-electron chi connectivity index (χ3n) is 5.69. The average molecular weight is 464 g/mol. The summed E-state index contributed by atoms with van der Waals surface area (Å²) in [6.07, 6.45) is -0.137. The van der Waals surface area contributed by atoms with E-state index in [2.05, 4.69) is 0 Å². The Kier molecular flexibility index (Phi) is 6.47. The molecule has 9 nitrogen and oxygen atoms in total. The summed E-state index contributed by atoms with van der Waals surface area (Å²) in [7, 11) is 1.50. The molecule has 1 N–H and O–H groups in total. The molecule has 1 aromatic heterocycles. The number of nitrogens with zero attached hydrogens (tertiary/aromatic N) is 2. The van der Waals surface area contributed by atoms with Crippen molar-refractivity contribution in [3.63, 3.8) is 0 Å². The highest BCUT2D eigenvalue weighted by Gasteiger charge is 2.22. The zero-order valence-corrected chi connectivity index (χ0v) is 18.9. The molecule has 4 rings (SSSR count). The number of Topliss-reactive ketones (excluding diaryl/α,β-unsaturated/α-hetero) is 2. The van der Waals surface area contributed by atoms with Crippen LogP contribution in [0.25, 0.3) is 10.9 Å². The Bertz CT molecular complexity index is 1340. The summed E-state index contributed by atoms with van der Waals surface area (Å²) in [5.41, 5.74) is 0.167. The highest BCUT2D eigenvalue weighted by atomic mass is 16.5. The van der Waals surface area contributed by atoms with Gasteiger partial charge in [-0.15, -0.1) is 0 Å². The number of rotatable bonds is 7. The van der Waals surface area contributed by atoms with Crippen LogP contribution in [0.1, 0.15) is 30.1 Å². The monoisotopic (exact) mass is 464 g/mol. The topological polar surface area (TPSA) is 115 Å². The first-order valence-corrected chi connectivity index (χ1v) is 10.8. The van der Waals surface area contributed by atoms with Crippen LogP contribution >= 0.6 is 0 Å². The van der Waals surface area contributed by atoms with Crippen LogP contribution in [0.15, 0.2) is 47.3 Å². The first-order chi connectivity index (χ1) is 16.3. The number of ether oxygens (including phenoxy) is 2. The zero-order valence-electron chi connectivity index (χ0n) is 18.9. The van der Waals surface area contributed by atoms with Crippen LogP contribution in [0.3, 0.4) is 0 Å². The number of pyridine rings is 1. The SMILES string of the molecule is CC(=O)CCC(=O)c1c(O)c2ccc(Oc3ccc(N4CCOCC4=O)cc3)cc2n(C)c1=O. The lowest BCUT2D eigenvalue weighted by molar-refractivity contribution is -0.125. The lowest BCUT2D eigenvalue weighted by atomic mass is 10.0. The van der Waals surface area contributed by atoms with E-state index in [1.54, 1.807) is 47.4 Å². The van der Waals surface area contributed by atoms with Gasteiger partial charge in [0.25, 0.3) is 11.5 Å². The molecule has 1 saturated heterocycles. The molecule has 2 heterocycles. The second kappa shape index (κ2) is 9.48. The molecule has 9 heteroatoms. The van der Waals surface area contributed by atoms with Crippen LogP contribution in [-0.2, 0) is 21.4 Å². The maximum absolute atomic E-state index is 12.8. The molecule has 34 heavy (non-hydrogen) atoms. The van der Waals surface area contributed by atoms with E-state index in [1.807, 2.05) is 0 Å². The van der Waals surface area contributed by atoms with Gasteiger partial charge in [0.05, 0.1) is 12.1 Å². The molecular weight excluding hydrogens is 440 g/mol. The number of ketones is 2. The minimum absolute atomic E-state index is 0.00469. The first-order valence-electron chi connectivity index (χ1n) is 10.8. The van der Waals surface area contributed by atoms with E-state index >= 15 is 0 Å². The Hall–Kier alpha value is -3.98. The molecule has 0 unspecified atom stereocenters. The second-order valence-electron chi connectivity index (χ2n) is 8.09. The van der Waals surface area contributed by atoms with Gasteiger partial charge >= 0.3 is 0 Å². The molecule has 0 spiro atoms. The number of carbonyl (C=O) groups is 3. The molecule has 0 aliphatic carbocycles. The fourth-order valence-electron chi connectivity index (χ4n) is 3.85. The third kappa shape index (κ3) is 4.55. The second-order valence-corrected chi connectivity index (χ2v) is 8.09. The summed E-state index contributed by atoms with van der Waals surface area (Å²) in [6, 6.07) is 11.8. The molecular formula is C25H24N2O7. The van der Waals surface area contributed by atoms with Crippen LogP contribution in [0.2, 0.25) is 0 Å². The Labute approximate surface area is 195 Å². The molecule has 1 aliphatic heterocycles. The van der Waals surface area contributed by atoms with E-state index in [9.17, 15) is 24.3 Å². The normalized spacial score (nSPS) is 13.8. The summed E-state index contributed by atoms with van der Waals surface area (Å²) >= 11 is 0. The van der Waals surface area contributed by atoms with E-state index in [1.165, 1.54) is 18.5 Å². The van der Waals surface area contributed by atoms with Crippen molar-refractivity contribution in [3.05, 3.63) is 58.4 Å². The molecule has 0 radical (unpaired) electrons. The number of morpholine rings is 1. The van der Waals surface area contributed by atoms with Gasteiger partial charge in [-0.05, 0) is 43.3 Å². The number of hydrogen-bond acceptors (Lipinski definition) is 7. The molecule has 1 fully saturated rings. The van der Waals surface area contributed by atoms with Crippen molar-refractivity contribution in [1.82, 2.24) is 4.57 Å². The maximum Gasteiger partial charge on any atom is 0.265 e. The van der Waals surface area contributed by atoms with Gasteiger partial charge in [-0.25, -0.2) is 0 Å². The number of aromatic hydroxyl groups is 1. The number of carbonyl (C=O) groups excluding carboxylic acids is 3. The third-order valence-corrected chi connectivity index (χ3v) is 5.69. The van der Waals surface area contributed by atoms with Crippen LogP contribution in [0.5, 0.6) is 17.2 Å². The number of fused-ring (bicyclic) bond motifs is 1. The van der Waals surface area contributed by atoms with E-state index < -0.39 is 17.1 Å². The van der Waals surface area contributed by atoms with Crippen molar-refractivity contribution in [2.45, 2.75) is 19.8 Å². The van der Waals surface area contributed by atoms with Gasteiger partial charge in [-0.1, -0.05) is 0 Å². The van der Waals surface area contributed by atoms with Gasteiger partial charge in [0.2, 0.25) is 0 Å². The van der Waals surface area contributed by atoms with Crippen LogP contribution in [0, 0.1) is 0 Å². The Morgan fingerprint density at radius 3 is 2.44 bits per heavy atom. The first kappa shape index (κ1) is 23.2. The Balaban J connectivity index is 1.60. The summed E-state index contributed by atoms with van der Waals surface area (Å²) in [6.45, 7) is 2.39. The molecule has 0 bridgehead atoms. The van der Waals surface area contributed by atoms with Crippen molar-refractivity contribution in [2.75, 3.05) is 24.7 Å². The lowest BCUT2D eigenvalue weighted by Gasteiger charge is -2.26. The van der Waals surface area contributed by atoms with Crippen LogP contribution in [-0.4, -0.2) is 46.9 Å². The molecule has 0 atom stereocenters. The van der Waals surface area contributed by atoms with Gasteiger partial charge in [0.15, 0.2) is 5.78 Å². The lowest BCUT2D eigenvalue weighted by Crippen LogP contribution is -2.41. The quantitative estimate of drug-likeness (QED) is 0.535. The molecule has 176 valence electrons. The number of anilines is 1. The minimum atomic E-state index is -0.643. The predicted octanol–water partition coefficient (Wildman–Crippen LogP) is 2.95. The smallest absolute Gasteiger partial charge is 0.265 e. The maximum atomic E-state index is 12.8. The molecule has 0 saturated carbocycles. The van der Waals surface area contributed by atoms with Gasteiger partial charge in [0.1, 0.15) is 35.2 Å². The Morgan fingerprint density at radius 1 is 1.06 bits per heavy atom. The van der Waals surface area contributed by atoms with Gasteiger partial charge in [-0.2, -0.15) is 0 Å². The van der Waals surface area contributed by atoms with Crippen molar-refractivity contribution < 1.29 is 29.0 Å². The fourth-order valence-corrected chi connectivity index (χ4v) is 3.85. The van der Waals surface area contributed by atoms with Crippen LogP contribution < -0.4 is 15.2 Å².